The lowest BCUT2D eigenvalue weighted by atomic mass is 10.3. The fourth-order valence-electron chi connectivity index (χ4n) is 1.43. The number of alkyl halides is 1. The van der Waals surface area contributed by atoms with Crippen LogP contribution in [-0.2, 0) is 0 Å². The molecule has 16 heavy (non-hydrogen) atoms. The van der Waals surface area contributed by atoms with E-state index in [4.69, 9.17) is 0 Å². The number of halogens is 1. The van der Waals surface area contributed by atoms with Crippen molar-refractivity contribution in [2.75, 3.05) is 18.4 Å². The summed E-state index contributed by atoms with van der Waals surface area (Å²) in [6.45, 7) is 3.35. The fraction of sp³-hybridized carbons (Fsp3) is 0.455. The molecule has 1 aromatic rings. The molecule has 0 atom stereocenters. The van der Waals surface area contributed by atoms with Gasteiger partial charge in [0, 0.05) is 24.5 Å². The van der Waals surface area contributed by atoms with Crippen LogP contribution in [0.2, 0.25) is 0 Å². The summed E-state index contributed by atoms with van der Waals surface area (Å²) in [4.78, 5) is 27.4. The molecule has 0 bridgehead atoms. The Balaban J connectivity index is 2.85. The van der Waals surface area contributed by atoms with Gasteiger partial charge in [0.2, 0.25) is 5.56 Å². The van der Waals surface area contributed by atoms with Crippen molar-refractivity contribution < 1.29 is 4.79 Å². The standard InChI is InChI=1S/C11H15BrN2O2/c1-2-7-14(8-6-12)11(16)9-4-3-5-10(15)13-9/h3-5H,2,6-8H2,1H3,(H,13,15). The lowest BCUT2D eigenvalue weighted by Crippen LogP contribution is -2.34. The topological polar surface area (TPSA) is 53.2 Å². The van der Waals surface area contributed by atoms with Gasteiger partial charge in [0.15, 0.2) is 0 Å². The van der Waals surface area contributed by atoms with Gasteiger partial charge in [-0.1, -0.05) is 28.9 Å². The van der Waals surface area contributed by atoms with Crippen molar-refractivity contribution in [1.29, 1.82) is 0 Å². The summed E-state index contributed by atoms with van der Waals surface area (Å²) in [5, 5.41) is 0.732. The van der Waals surface area contributed by atoms with Gasteiger partial charge in [-0.05, 0) is 12.5 Å². The van der Waals surface area contributed by atoms with Gasteiger partial charge >= 0.3 is 0 Å². The zero-order valence-corrected chi connectivity index (χ0v) is 10.8. The number of carbonyl (C=O) groups is 1. The van der Waals surface area contributed by atoms with Crippen molar-refractivity contribution in [3.63, 3.8) is 0 Å². The first-order valence-electron chi connectivity index (χ1n) is 5.23. The molecule has 1 heterocycles. The molecule has 0 aliphatic heterocycles. The number of rotatable bonds is 5. The summed E-state index contributed by atoms with van der Waals surface area (Å²) in [5.41, 5.74) is 0.100. The maximum absolute atomic E-state index is 12.0. The van der Waals surface area contributed by atoms with E-state index < -0.39 is 0 Å². The van der Waals surface area contributed by atoms with Crippen molar-refractivity contribution >= 4 is 21.8 Å². The zero-order valence-electron chi connectivity index (χ0n) is 9.20. The van der Waals surface area contributed by atoms with Crippen LogP contribution in [0.4, 0.5) is 0 Å². The summed E-state index contributed by atoms with van der Waals surface area (Å²) >= 11 is 3.31. The Labute approximate surface area is 103 Å². The highest BCUT2D eigenvalue weighted by Gasteiger charge is 2.14. The lowest BCUT2D eigenvalue weighted by molar-refractivity contribution is 0.0760. The molecule has 0 spiro atoms. The largest absolute Gasteiger partial charge is 0.337 e. The van der Waals surface area contributed by atoms with Gasteiger partial charge < -0.3 is 9.88 Å². The van der Waals surface area contributed by atoms with Crippen LogP contribution in [0.3, 0.4) is 0 Å². The van der Waals surface area contributed by atoms with Crippen LogP contribution >= 0.6 is 15.9 Å². The van der Waals surface area contributed by atoms with E-state index in [9.17, 15) is 9.59 Å². The second-order valence-corrected chi connectivity index (χ2v) is 4.20. The second kappa shape index (κ2) is 6.48. The van der Waals surface area contributed by atoms with Gasteiger partial charge in [-0.25, -0.2) is 0 Å². The van der Waals surface area contributed by atoms with E-state index in [1.807, 2.05) is 6.92 Å². The molecule has 0 saturated carbocycles. The summed E-state index contributed by atoms with van der Waals surface area (Å²) in [5.74, 6) is -0.126. The third-order valence-corrected chi connectivity index (χ3v) is 2.49. The molecule has 1 rings (SSSR count). The number of pyridine rings is 1. The third kappa shape index (κ3) is 3.48. The molecule has 1 amide bonds. The van der Waals surface area contributed by atoms with Crippen LogP contribution in [0.25, 0.3) is 0 Å². The highest BCUT2D eigenvalue weighted by Crippen LogP contribution is 2.02. The van der Waals surface area contributed by atoms with Gasteiger partial charge in [0.05, 0.1) is 0 Å². The van der Waals surface area contributed by atoms with E-state index in [-0.39, 0.29) is 11.5 Å². The fourth-order valence-corrected chi connectivity index (χ4v) is 1.86. The van der Waals surface area contributed by atoms with E-state index in [1.54, 1.807) is 17.0 Å². The van der Waals surface area contributed by atoms with E-state index >= 15 is 0 Å². The predicted molar refractivity (Wildman–Crippen MR) is 67.1 cm³/mol. The van der Waals surface area contributed by atoms with Crippen molar-refractivity contribution in [1.82, 2.24) is 9.88 Å². The number of hydrogen-bond donors (Lipinski definition) is 1. The molecule has 0 aliphatic rings. The molecular formula is C11H15BrN2O2. The molecular weight excluding hydrogens is 272 g/mol. The molecule has 0 saturated heterocycles. The van der Waals surface area contributed by atoms with Crippen molar-refractivity contribution in [3.05, 3.63) is 34.2 Å². The van der Waals surface area contributed by atoms with Crippen molar-refractivity contribution in [3.8, 4) is 0 Å². The van der Waals surface area contributed by atoms with Crippen LogP contribution in [0.5, 0.6) is 0 Å². The van der Waals surface area contributed by atoms with Gasteiger partial charge in [-0.2, -0.15) is 0 Å². The average molecular weight is 287 g/mol. The average Bonchev–Trinajstić information content (AvgIpc) is 2.28. The quantitative estimate of drug-likeness (QED) is 0.837. The maximum Gasteiger partial charge on any atom is 0.270 e. The normalized spacial score (nSPS) is 10.1. The van der Waals surface area contributed by atoms with Crippen LogP contribution in [0, 0.1) is 0 Å². The Bertz CT molecular complexity index is 397. The second-order valence-electron chi connectivity index (χ2n) is 3.41. The Hall–Kier alpha value is -1.10. The van der Waals surface area contributed by atoms with Gasteiger partial charge in [-0.3, -0.25) is 9.59 Å². The smallest absolute Gasteiger partial charge is 0.270 e. The maximum atomic E-state index is 12.0. The number of nitrogens with one attached hydrogen (secondary N) is 1. The number of aromatic nitrogens is 1. The SMILES string of the molecule is CCCN(CCBr)C(=O)c1cccc(=O)[nH]1. The Morgan fingerprint density at radius 1 is 1.44 bits per heavy atom. The lowest BCUT2D eigenvalue weighted by Gasteiger charge is -2.20. The summed E-state index contributed by atoms with van der Waals surface area (Å²) in [6.07, 6.45) is 0.899. The highest BCUT2D eigenvalue weighted by molar-refractivity contribution is 9.09. The minimum atomic E-state index is -0.249. The molecule has 0 fully saturated rings. The molecule has 4 nitrogen and oxygen atoms in total. The molecule has 0 aromatic carbocycles. The Kier molecular flexibility index (Phi) is 5.25. The first kappa shape index (κ1) is 13.0. The monoisotopic (exact) mass is 286 g/mol. The molecule has 0 aliphatic carbocycles. The molecule has 88 valence electrons. The van der Waals surface area contributed by atoms with Crippen molar-refractivity contribution in [2.45, 2.75) is 13.3 Å². The minimum absolute atomic E-state index is 0.126. The number of amides is 1. The summed E-state index contributed by atoms with van der Waals surface area (Å²) in [7, 11) is 0. The van der Waals surface area contributed by atoms with E-state index in [0.717, 1.165) is 11.8 Å². The molecule has 0 unspecified atom stereocenters. The highest BCUT2D eigenvalue weighted by atomic mass is 79.9. The predicted octanol–water partition coefficient (Wildman–Crippen LogP) is 1.62. The molecule has 1 N–H and O–H groups in total. The van der Waals surface area contributed by atoms with E-state index in [0.29, 0.717) is 18.8 Å². The van der Waals surface area contributed by atoms with E-state index in [1.165, 1.54) is 6.07 Å². The van der Waals surface area contributed by atoms with Crippen LogP contribution in [0.15, 0.2) is 23.0 Å². The molecule has 1 aromatic heterocycles. The number of carbonyl (C=O) groups excluding carboxylic acids is 1. The first-order valence-corrected chi connectivity index (χ1v) is 6.35. The molecule has 5 heteroatoms. The Morgan fingerprint density at radius 2 is 2.19 bits per heavy atom. The summed E-state index contributed by atoms with van der Waals surface area (Å²) in [6, 6.07) is 4.61. The van der Waals surface area contributed by atoms with Crippen molar-refractivity contribution in [2.24, 2.45) is 0 Å². The first-order chi connectivity index (χ1) is 7.69. The number of nitrogens with zero attached hydrogens (tertiary/aromatic N) is 1. The van der Waals surface area contributed by atoms with Crippen LogP contribution in [0.1, 0.15) is 23.8 Å². The van der Waals surface area contributed by atoms with Crippen LogP contribution < -0.4 is 5.56 Å². The van der Waals surface area contributed by atoms with Gasteiger partial charge in [0.25, 0.3) is 5.91 Å². The number of aromatic amines is 1. The minimum Gasteiger partial charge on any atom is -0.337 e. The van der Waals surface area contributed by atoms with Gasteiger partial charge in [0.1, 0.15) is 5.69 Å². The third-order valence-electron chi connectivity index (χ3n) is 2.13. The Morgan fingerprint density at radius 3 is 2.75 bits per heavy atom. The zero-order chi connectivity index (χ0) is 12.0. The van der Waals surface area contributed by atoms with Crippen LogP contribution in [-0.4, -0.2) is 34.2 Å². The number of H-pyrrole nitrogens is 1. The number of hydrogen-bond acceptors (Lipinski definition) is 2. The van der Waals surface area contributed by atoms with E-state index in [2.05, 4.69) is 20.9 Å². The van der Waals surface area contributed by atoms with Gasteiger partial charge in [-0.15, -0.1) is 0 Å². The molecule has 0 radical (unpaired) electrons. The summed E-state index contributed by atoms with van der Waals surface area (Å²) < 4.78 is 0.